The van der Waals surface area contributed by atoms with Crippen LogP contribution in [-0.4, -0.2) is 19.0 Å². The third-order valence-electron chi connectivity index (χ3n) is 5.13. The molecule has 1 fully saturated rings. The zero-order valence-electron chi connectivity index (χ0n) is 12.9. The molecular formula is C17H26N2O2. The first-order valence-electron chi connectivity index (χ1n) is 8.33. The molecule has 2 heterocycles. The molecule has 0 bridgehead atoms. The molecule has 116 valence electrons. The Morgan fingerprint density at radius 1 is 1.48 bits per heavy atom. The number of aryl methyl sites for hydroxylation is 1. The molecule has 1 aromatic heterocycles. The summed E-state index contributed by atoms with van der Waals surface area (Å²) >= 11 is 0. The van der Waals surface area contributed by atoms with E-state index in [2.05, 4.69) is 17.6 Å². The third kappa shape index (κ3) is 2.86. The Labute approximate surface area is 126 Å². The van der Waals surface area contributed by atoms with Gasteiger partial charge in [-0.15, -0.1) is 0 Å². The lowest BCUT2D eigenvalue weighted by Crippen LogP contribution is -2.48. The zero-order chi connectivity index (χ0) is 14.7. The van der Waals surface area contributed by atoms with Crippen LogP contribution >= 0.6 is 0 Å². The van der Waals surface area contributed by atoms with Crippen LogP contribution in [0.3, 0.4) is 0 Å². The molecule has 1 saturated heterocycles. The van der Waals surface area contributed by atoms with Crippen molar-refractivity contribution in [2.75, 3.05) is 13.1 Å². The quantitative estimate of drug-likeness (QED) is 0.896. The fourth-order valence-corrected chi connectivity index (χ4v) is 3.92. The summed E-state index contributed by atoms with van der Waals surface area (Å²) in [6.07, 6.45) is 8.84. The first-order chi connectivity index (χ1) is 10.2. The van der Waals surface area contributed by atoms with Crippen LogP contribution in [-0.2, 0) is 11.2 Å². The van der Waals surface area contributed by atoms with E-state index in [0.29, 0.717) is 0 Å². The van der Waals surface area contributed by atoms with Crippen molar-refractivity contribution in [3.8, 4) is 0 Å². The van der Waals surface area contributed by atoms with Gasteiger partial charge in [-0.05, 0) is 51.3 Å². The normalized spacial score (nSPS) is 24.3. The fraction of sp³-hybridized carbons (Fsp3) is 0.706. The average Bonchev–Trinajstić information content (AvgIpc) is 2.98. The molecule has 21 heavy (non-hydrogen) atoms. The van der Waals surface area contributed by atoms with Gasteiger partial charge >= 0.3 is 0 Å². The number of piperidine rings is 1. The Balaban J connectivity index is 1.73. The van der Waals surface area contributed by atoms with Crippen molar-refractivity contribution in [2.24, 2.45) is 5.41 Å². The Hall–Kier alpha value is -1.29. The van der Waals surface area contributed by atoms with Gasteiger partial charge in [0.05, 0.1) is 17.7 Å². The van der Waals surface area contributed by atoms with Crippen LogP contribution in [0.4, 0.5) is 0 Å². The van der Waals surface area contributed by atoms with Crippen LogP contribution in [0, 0.1) is 5.41 Å². The molecule has 4 heteroatoms. The van der Waals surface area contributed by atoms with Crippen LogP contribution in [0.2, 0.25) is 0 Å². The molecule has 0 saturated carbocycles. The standard InChI is InChI=1S/C17H26N2O2/c1-2-7-17(8-10-18-11-9-17)16(20)19-14-4-3-5-15-13(14)6-12-21-15/h6,12,14,18H,2-5,7-11H2,1H3,(H,19,20). The third-order valence-corrected chi connectivity index (χ3v) is 5.13. The van der Waals surface area contributed by atoms with Crippen molar-refractivity contribution in [1.82, 2.24) is 10.6 Å². The van der Waals surface area contributed by atoms with Crippen molar-refractivity contribution in [1.29, 1.82) is 0 Å². The maximum absolute atomic E-state index is 12.9. The maximum atomic E-state index is 12.9. The number of carbonyl (C=O) groups is 1. The van der Waals surface area contributed by atoms with Gasteiger partial charge in [-0.3, -0.25) is 4.79 Å². The summed E-state index contributed by atoms with van der Waals surface area (Å²) in [5, 5.41) is 6.70. The number of hydrogen-bond acceptors (Lipinski definition) is 3. The Bertz CT molecular complexity index is 483. The molecule has 1 aromatic rings. The number of furan rings is 1. The highest BCUT2D eigenvalue weighted by Crippen LogP contribution is 2.37. The first-order valence-corrected chi connectivity index (χ1v) is 8.33. The molecule has 1 unspecified atom stereocenters. The van der Waals surface area contributed by atoms with Crippen molar-refractivity contribution in [3.05, 3.63) is 23.7 Å². The van der Waals surface area contributed by atoms with Gasteiger partial charge in [-0.1, -0.05) is 13.3 Å². The molecule has 1 atom stereocenters. The Morgan fingerprint density at radius 3 is 3.05 bits per heavy atom. The minimum Gasteiger partial charge on any atom is -0.469 e. The average molecular weight is 290 g/mol. The molecule has 1 aliphatic heterocycles. The number of hydrogen-bond donors (Lipinski definition) is 2. The fourth-order valence-electron chi connectivity index (χ4n) is 3.92. The van der Waals surface area contributed by atoms with E-state index in [1.54, 1.807) is 6.26 Å². The van der Waals surface area contributed by atoms with E-state index >= 15 is 0 Å². The number of fused-ring (bicyclic) bond motifs is 1. The molecule has 3 rings (SSSR count). The number of rotatable bonds is 4. The van der Waals surface area contributed by atoms with E-state index in [0.717, 1.165) is 63.8 Å². The summed E-state index contributed by atoms with van der Waals surface area (Å²) in [7, 11) is 0. The first kappa shape index (κ1) is 14.6. The van der Waals surface area contributed by atoms with Gasteiger partial charge in [0, 0.05) is 12.0 Å². The van der Waals surface area contributed by atoms with Gasteiger partial charge < -0.3 is 15.1 Å². The summed E-state index contributed by atoms with van der Waals surface area (Å²) in [6.45, 7) is 4.08. The van der Waals surface area contributed by atoms with E-state index in [1.165, 1.54) is 5.56 Å². The van der Waals surface area contributed by atoms with Gasteiger partial charge in [0.15, 0.2) is 0 Å². The van der Waals surface area contributed by atoms with E-state index in [1.807, 2.05) is 6.07 Å². The van der Waals surface area contributed by atoms with Gasteiger partial charge in [0.2, 0.25) is 5.91 Å². The van der Waals surface area contributed by atoms with Gasteiger partial charge in [-0.2, -0.15) is 0 Å². The molecule has 0 radical (unpaired) electrons. The SMILES string of the molecule is CCCC1(C(=O)NC2CCCc3occc32)CCNCC1. The minimum atomic E-state index is -0.165. The maximum Gasteiger partial charge on any atom is 0.226 e. The molecule has 4 nitrogen and oxygen atoms in total. The van der Waals surface area contributed by atoms with E-state index in [9.17, 15) is 4.79 Å². The number of nitrogens with one attached hydrogen (secondary N) is 2. The summed E-state index contributed by atoms with van der Waals surface area (Å²) in [5.74, 6) is 1.31. The molecule has 1 aliphatic carbocycles. The predicted molar refractivity (Wildman–Crippen MR) is 82.0 cm³/mol. The van der Waals surface area contributed by atoms with Crippen LogP contribution in [0.25, 0.3) is 0 Å². The second-order valence-corrected chi connectivity index (χ2v) is 6.50. The van der Waals surface area contributed by atoms with Gasteiger partial charge in [0.1, 0.15) is 5.76 Å². The van der Waals surface area contributed by atoms with E-state index < -0.39 is 0 Å². The lowest BCUT2D eigenvalue weighted by atomic mass is 9.74. The highest BCUT2D eigenvalue weighted by atomic mass is 16.3. The Kier molecular flexibility index (Phi) is 4.34. The van der Waals surface area contributed by atoms with Gasteiger partial charge in [0.25, 0.3) is 0 Å². The molecule has 2 aliphatic rings. The lowest BCUT2D eigenvalue weighted by Gasteiger charge is -2.37. The van der Waals surface area contributed by atoms with Crippen molar-refractivity contribution < 1.29 is 9.21 Å². The summed E-state index contributed by atoms with van der Waals surface area (Å²) in [4.78, 5) is 12.9. The molecular weight excluding hydrogens is 264 g/mol. The minimum absolute atomic E-state index is 0.142. The second kappa shape index (κ2) is 6.22. The van der Waals surface area contributed by atoms with Crippen LogP contribution in [0.5, 0.6) is 0 Å². The smallest absolute Gasteiger partial charge is 0.226 e. The molecule has 0 aromatic carbocycles. The Morgan fingerprint density at radius 2 is 2.29 bits per heavy atom. The highest BCUT2D eigenvalue weighted by Gasteiger charge is 2.40. The molecule has 1 amide bonds. The van der Waals surface area contributed by atoms with Crippen molar-refractivity contribution in [2.45, 2.75) is 57.9 Å². The van der Waals surface area contributed by atoms with Gasteiger partial charge in [-0.25, -0.2) is 0 Å². The zero-order valence-corrected chi connectivity index (χ0v) is 12.9. The largest absolute Gasteiger partial charge is 0.469 e. The second-order valence-electron chi connectivity index (χ2n) is 6.50. The van der Waals surface area contributed by atoms with Crippen LogP contribution in [0.1, 0.15) is 62.8 Å². The van der Waals surface area contributed by atoms with Crippen molar-refractivity contribution >= 4 is 5.91 Å². The number of amides is 1. The lowest BCUT2D eigenvalue weighted by molar-refractivity contribution is -0.134. The molecule has 2 N–H and O–H groups in total. The van der Waals surface area contributed by atoms with Crippen LogP contribution < -0.4 is 10.6 Å². The van der Waals surface area contributed by atoms with E-state index in [4.69, 9.17) is 4.42 Å². The van der Waals surface area contributed by atoms with Crippen LogP contribution in [0.15, 0.2) is 16.7 Å². The topological polar surface area (TPSA) is 54.3 Å². The molecule has 0 spiro atoms. The number of carbonyl (C=O) groups excluding carboxylic acids is 1. The summed E-state index contributed by atoms with van der Waals surface area (Å²) in [5.41, 5.74) is 1.02. The predicted octanol–water partition coefficient (Wildman–Crippen LogP) is 2.94. The highest BCUT2D eigenvalue weighted by molar-refractivity contribution is 5.83. The summed E-state index contributed by atoms with van der Waals surface area (Å²) in [6, 6.07) is 2.16. The summed E-state index contributed by atoms with van der Waals surface area (Å²) < 4.78 is 5.52. The van der Waals surface area contributed by atoms with E-state index in [-0.39, 0.29) is 17.4 Å². The van der Waals surface area contributed by atoms with Crippen molar-refractivity contribution in [3.63, 3.8) is 0 Å². The monoisotopic (exact) mass is 290 g/mol.